The van der Waals surface area contributed by atoms with Gasteiger partial charge >= 0.3 is 0 Å². The van der Waals surface area contributed by atoms with Crippen molar-refractivity contribution in [1.82, 2.24) is 4.90 Å². The van der Waals surface area contributed by atoms with E-state index in [2.05, 4.69) is 23.9 Å². The van der Waals surface area contributed by atoms with E-state index in [-0.39, 0.29) is 0 Å². The maximum atomic E-state index is 9.59. The number of carboxylic acids is 1. The molecule has 2 heterocycles. The van der Waals surface area contributed by atoms with Crippen LogP contribution in [0, 0.1) is 0 Å². The minimum Gasteiger partial charge on any atom is -0.508 e. The van der Waals surface area contributed by atoms with Crippen molar-refractivity contribution in [2.45, 2.75) is 31.8 Å². The average Bonchev–Trinajstić information content (AvgIpc) is 2.37. The molecule has 3 rings (SSSR count). The van der Waals surface area contributed by atoms with Gasteiger partial charge in [0.05, 0.1) is 6.17 Å². The monoisotopic (exact) mass is 278 g/mol. The van der Waals surface area contributed by atoms with Gasteiger partial charge in [-0.05, 0) is 49.6 Å². The first-order valence-electron chi connectivity index (χ1n) is 6.85. The van der Waals surface area contributed by atoms with Gasteiger partial charge in [0.1, 0.15) is 5.75 Å². The van der Waals surface area contributed by atoms with Crippen molar-refractivity contribution in [2.75, 3.05) is 25.5 Å². The van der Waals surface area contributed by atoms with Gasteiger partial charge in [0.2, 0.25) is 0 Å². The summed E-state index contributed by atoms with van der Waals surface area (Å²) in [6.45, 7) is 2.23. The summed E-state index contributed by atoms with van der Waals surface area (Å²) in [7, 11) is 4.35. The summed E-state index contributed by atoms with van der Waals surface area (Å²) < 4.78 is 0. The third-order valence-electron chi connectivity index (χ3n) is 4.11. The minimum atomic E-state index is -0.833. The van der Waals surface area contributed by atoms with Crippen LogP contribution in [-0.4, -0.2) is 47.9 Å². The molecule has 0 aliphatic carbocycles. The van der Waals surface area contributed by atoms with E-state index < -0.39 is 5.97 Å². The molecule has 1 saturated heterocycles. The molecule has 5 nitrogen and oxygen atoms in total. The standard InChI is InChI=1S/C13H18N2O.C2H4O2/c1-14-6-5-9-7-13(14)15(2)12-4-3-10(16)8-11(9)12;1-2(3)4/h3-4,8-9,13,16H,5-7H2,1-2H3;1H3,(H,3,4). The minimum absolute atomic E-state index is 0.393. The Morgan fingerprint density at radius 3 is 2.65 bits per heavy atom. The normalized spacial score (nSPS) is 24.4. The van der Waals surface area contributed by atoms with Crippen molar-refractivity contribution < 1.29 is 15.0 Å². The highest BCUT2D eigenvalue weighted by Gasteiger charge is 2.36. The molecule has 1 aromatic rings. The van der Waals surface area contributed by atoms with Crippen LogP contribution in [0.1, 0.15) is 31.2 Å². The number of aromatic hydroxyl groups is 1. The van der Waals surface area contributed by atoms with Gasteiger partial charge in [-0.2, -0.15) is 0 Å². The van der Waals surface area contributed by atoms with Gasteiger partial charge in [0.25, 0.3) is 5.97 Å². The topological polar surface area (TPSA) is 64.0 Å². The quantitative estimate of drug-likeness (QED) is 0.760. The largest absolute Gasteiger partial charge is 0.508 e. The molecule has 1 aromatic carbocycles. The number of nitrogens with zero attached hydrogens (tertiary/aromatic N) is 2. The van der Waals surface area contributed by atoms with Crippen LogP contribution in [0.25, 0.3) is 0 Å². The van der Waals surface area contributed by atoms with Crippen LogP contribution in [0.15, 0.2) is 18.2 Å². The van der Waals surface area contributed by atoms with E-state index >= 15 is 0 Å². The molecule has 2 atom stereocenters. The Kier molecular flexibility index (Phi) is 4.18. The van der Waals surface area contributed by atoms with Crippen molar-refractivity contribution in [3.8, 4) is 5.75 Å². The van der Waals surface area contributed by atoms with E-state index in [4.69, 9.17) is 9.90 Å². The fourth-order valence-electron chi connectivity index (χ4n) is 3.15. The highest BCUT2D eigenvalue weighted by Crippen LogP contribution is 2.44. The lowest BCUT2D eigenvalue weighted by Gasteiger charge is -2.48. The summed E-state index contributed by atoms with van der Waals surface area (Å²) in [5.41, 5.74) is 2.61. The number of piperidine rings is 1. The number of carbonyl (C=O) groups is 1. The van der Waals surface area contributed by atoms with Crippen LogP contribution in [0.4, 0.5) is 5.69 Å². The second-order valence-corrected chi connectivity index (χ2v) is 5.56. The van der Waals surface area contributed by atoms with Crippen LogP contribution in [0.5, 0.6) is 5.75 Å². The molecule has 2 aliphatic heterocycles. The van der Waals surface area contributed by atoms with Gasteiger partial charge < -0.3 is 15.1 Å². The van der Waals surface area contributed by atoms with Crippen molar-refractivity contribution in [1.29, 1.82) is 0 Å². The van der Waals surface area contributed by atoms with Gasteiger partial charge in [-0.25, -0.2) is 0 Å². The maximum Gasteiger partial charge on any atom is 0.300 e. The van der Waals surface area contributed by atoms with Gasteiger partial charge in [0.15, 0.2) is 0 Å². The first-order valence-corrected chi connectivity index (χ1v) is 6.85. The molecule has 0 saturated carbocycles. The third-order valence-corrected chi connectivity index (χ3v) is 4.11. The molecular formula is C15H22N2O3. The lowest BCUT2D eigenvalue weighted by Crippen LogP contribution is -2.52. The Morgan fingerprint density at radius 2 is 2.00 bits per heavy atom. The highest BCUT2D eigenvalue weighted by atomic mass is 16.4. The number of likely N-dealkylation sites (tertiary alicyclic amines) is 1. The first-order chi connectivity index (χ1) is 9.40. The van der Waals surface area contributed by atoms with Crippen molar-refractivity contribution >= 4 is 11.7 Å². The Bertz CT molecular complexity index is 500. The lowest BCUT2D eigenvalue weighted by atomic mass is 9.83. The van der Waals surface area contributed by atoms with Gasteiger partial charge in [-0.1, -0.05) is 0 Å². The zero-order chi connectivity index (χ0) is 14.9. The van der Waals surface area contributed by atoms with Crippen molar-refractivity contribution in [3.05, 3.63) is 23.8 Å². The van der Waals surface area contributed by atoms with Crippen LogP contribution < -0.4 is 4.90 Å². The number of hydrogen-bond donors (Lipinski definition) is 2. The summed E-state index contributed by atoms with van der Waals surface area (Å²) in [6, 6.07) is 5.78. The van der Waals surface area contributed by atoms with E-state index in [1.165, 1.54) is 24.1 Å². The molecule has 5 heteroatoms. The predicted molar refractivity (Wildman–Crippen MR) is 78.2 cm³/mol. The SMILES string of the molecule is CC(=O)O.CN1CCC2CC1N(C)c1ccc(O)cc12. The van der Waals surface area contributed by atoms with Crippen LogP contribution in [-0.2, 0) is 4.79 Å². The third kappa shape index (κ3) is 2.88. The Hall–Kier alpha value is -1.75. The number of hydrogen-bond acceptors (Lipinski definition) is 4. The van der Waals surface area contributed by atoms with Crippen LogP contribution in [0.2, 0.25) is 0 Å². The number of phenols is 1. The summed E-state index contributed by atoms with van der Waals surface area (Å²) in [6.07, 6.45) is 2.91. The van der Waals surface area contributed by atoms with E-state index in [0.29, 0.717) is 17.8 Å². The summed E-state index contributed by atoms with van der Waals surface area (Å²) in [4.78, 5) is 13.8. The molecule has 2 unspecified atom stereocenters. The fourth-order valence-corrected chi connectivity index (χ4v) is 3.15. The molecule has 2 aliphatic rings. The second kappa shape index (κ2) is 5.71. The summed E-state index contributed by atoms with van der Waals surface area (Å²) in [5.74, 6) is 0.184. The highest BCUT2D eigenvalue weighted by molar-refractivity contribution is 5.63. The van der Waals surface area contributed by atoms with E-state index in [1.54, 1.807) is 6.07 Å². The average molecular weight is 278 g/mol. The van der Waals surface area contributed by atoms with Crippen LogP contribution >= 0.6 is 0 Å². The number of benzene rings is 1. The molecule has 2 N–H and O–H groups in total. The number of fused-ring (bicyclic) bond motifs is 4. The Balaban J connectivity index is 0.000000328. The molecule has 0 spiro atoms. The summed E-state index contributed by atoms with van der Waals surface area (Å²) >= 11 is 0. The number of phenolic OH excluding ortho intramolecular Hbond substituents is 1. The molecule has 110 valence electrons. The fraction of sp³-hybridized carbons (Fsp3) is 0.533. The Labute approximate surface area is 119 Å². The smallest absolute Gasteiger partial charge is 0.300 e. The zero-order valence-corrected chi connectivity index (χ0v) is 12.2. The summed E-state index contributed by atoms with van der Waals surface area (Å²) in [5, 5.41) is 17.0. The molecule has 1 fully saturated rings. The second-order valence-electron chi connectivity index (χ2n) is 5.56. The Morgan fingerprint density at radius 1 is 1.35 bits per heavy atom. The number of aliphatic carboxylic acids is 1. The van der Waals surface area contributed by atoms with E-state index in [0.717, 1.165) is 13.5 Å². The van der Waals surface area contributed by atoms with Gasteiger partial charge in [0, 0.05) is 26.2 Å². The molecule has 20 heavy (non-hydrogen) atoms. The number of anilines is 1. The van der Waals surface area contributed by atoms with Crippen LogP contribution in [0.3, 0.4) is 0 Å². The predicted octanol–water partition coefficient (Wildman–Crippen LogP) is 2.07. The molecule has 2 bridgehead atoms. The maximum absolute atomic E-state index is 9.59. The molecule has 0 radical (unpaired) electrons. The lowest BCUT2D eigenvalue weighted by molar-refractivity contribution is -0.134. The first kappa shape index (κ1) is 14.7. The molecule has 0 amide bonds. The van der Waals surface area contributed by atoms with E-state index in [9.17, 15) is 5.11 Å². The van der Waals surface area contributed by atoms with Gasteiger partial charge in [-0.15, -0.1) is 0 Å². The number of carboxylic acid groups (broad SMARTS) is 1. The van der Waals surface area contributed by atoms with Crippen molar-refractivity contribution in [3.63, 3.8) is 0 Å². The molecule has 0 aromatic heterocycles. The van der Waals surface area contributed by atoms with E-state index in [1.807, 2.05) is 12.1 Å². The van der Waals surface area contributed by atoms with Gasteiger partial charge in [-0.3, -0.25) is 9.69 Å². The molecular weight excluding hydrogens is 256 g/mol. The van der Waals surface area contributed by atoms with Crippen molar-refractivity contribution in [2.24, 2.45) is 0 Å². The number of rotatable bonds is 0. The zero-order valence-electron chi connectivity index (χ0n) is 12.2.